The van der Waals surface area contributed by atoms with Gasteiger partial charge in [0.05, 0.1) is 12.7 Å². The van der Waals surface area contributed by atoms with Gasteiger partial charge in [-0.25, -0.2) is 4.79 Å². The molecule has 1 N–H and O–H groups in total. The first-order chi connectivity index (χ1) is 10.1. The summed E-state index contributed by atoms with van der Waals surface area (Å²) in [6.07, 6.45) is 0.338. The number of amides is 2. The number of rotatable bonds is 4. The lowest BCUT2D eigenvalue weighted by molar-refractivity contribution is 0.0940. The molecular weight excluding hydrogens is 286 g/mol. The van der Waals surface area contributed by atoms with E-state index in [2.05, 4.69) is 27.0 Å². The van der Waals surface area contributed by atoms with Crippen molar-refractivity contribution < 1.29 is 9.53 Å². The molecule has 6 heteroatoms. The van der Waals surface area contributed by atoms with Gasteiger partial charge in [-0.1, -0.05) is 0 Å². The van der Waals surface area contributed by atoms with Crippen LogP contribution >= 0.6 is 11.3 Å². The van der Waals surface area contributed by atoms with Crippen LogP contribution in [0, 0.1) is 11.8 Å². The van der Waals surface area contributed by atoms with Crippen LogP contribution in [0.25, 0.3) is 0 Å². The summed E-state index contributed by atoms with van der Waals surface area (Å²) in [7, 11) is 3.53. The van der Waals surface area contributed by atoms with Crippen molar-refractivity contribution in [2.75, 3.05) is 40.3 Å². The number of nitrogens with one attached hydrogen (secondary N) is 1. The summed E-state index contributed by atoms with van der Waals surface area (Å²) in [6, 6.07) is 2.17. The number of carbonyl (C=O) groups excluding carboxylic acids is 1. The number of hydrogen-bond acceptors (Lipinski definition) is 4. The van der Waals surface area contributed by atoms with E-state index in [9.17, 15) is 4.79 Å². The van der Waals surface area contributed by atoms with Crippen molar-refractivity contribution in [2.45, 2.75) is 12.6 Å². The Morgan fingerprint density at radius 1 is 1.52 bits per heavy atom. The summed E-state index contributed by atoms with van der Waals surface area (Å²) in [4.78, 5) is 15.7. The molecule has 0 saturated carbocycles. The Kier molecular flexibility index (Phi) is 4.47. The highest BCUT2D eigenvalue weighted by Gasteiger charge is 2.43. The second kappa shape index (κ2) is 6.34. The van der Waals surface area contributed by atoms with E-state index in [0.29, 0.717) is 24.5 Å². The van der Waals surface area contributed by atoms with Crippen molar-refractivity contribution in [2.24, 2.45) is 11.8 Å². The Labute approximate surface area is 129 Å². The van der Waals surface area contributed by atoms with Crippen LogP contribution in [0.15, 0.2) is 16.8 Å². The second-order valence-corrected chi connectivity index (χ2v) is 6.98. The van der Waals surface area contributed by atoms with Crippen molar-refractivity contribution in [1.82, 2.24) is 15.1 Å². The van der Waals surface area contributed by atoms with Crippen molar-refractivity contribution in [3.05, 3.63) is 22.4 Å². The van der Waals surface area contributed by atoms with E-state index in [0.717, 1.165) is 26.2 Å². The Morgan fingerprint density at radius 2 is 2.38 bits per heavy atom. The van der Waals surface area contributed by atoms with E-state index in [1.54, 1.807) is 30.3 Å². The number of urea groups is 1. The topological polar surface area (TPSA) is 44.8 Å². The molecule has 3 rings (SSSR count). The molecular formula is C15H23N3O2S. The van der Waals surface area contributed by atoms with Crippen LogP contribution in [0.1, 0.15) is 5.56 Å². The third kappa shape index (κ3) is 3.39. The lowest BCUT2D eigenvalue weighted by Crippen LogP contribution is -2.39. The molecule has 0 aliphatic carbocycles. The van der Waals surface area contributed by atoms with Crippen molar-refractivity contribution in [3.8, 4) is 0 Å². The smallest absolute Gasteiger partial charge is 0.316 e. The number of hydrogen-bond donors (Lipinski definition) is 1. The molecule has 0 aromatic carbocycles. The quantitative estimate of drug-likeness (QED) is 0.916. The van der Waals surface area contributed by atoms with Gasteiger partial charge in [0.1, 0.15) is 0 Å². The van der Waals surface area contributed by atoms with Gasteiger partial charge in [0.15, 0.2) is 0 Å². The molecule has 3 heterocycles. The number of likely N-dealkylation sites (tertiary alicyclic amines) is 1. The number of nitrogens with zero attached hydrogens (tertiary/aromatic N) is 2. The predicted octanol–water partition coefficient (Wildman–Crippen LogP) is 1.47. The fourth-order valence-corrected chi connectivity index (χ4v) is 3.90. The van der Waals surface area contributed by atoms with Gasteiger partial charge in [-0.2, -0.15) is 11.3 Å². The minimum Gasteiger partial charge on any atom is -0.376 e. The van der Waals surface area contributed by atoms with Gasteiger partial charge in [-0.15, -0.1) is 0 Å². The zero-order chi connectivity index (χ0) is 14.8. The van der Waals surface area contributed by atoms with Gasteiger partial charge in [0, 0.05) is 52.1 Å². The molecule has 5 nitrogen and oxygen atoms in total. The number of carbonyl (C=O) groups is 1. The largest absolute Gasteiger partial charge is 0.376 e. The van der Waals surface area contributed by atoms with Gasteiger partial charge in [-0.3, -0.25) is 4.90 Å². The highest BCUT2D eigenvalue weighted by atomic mass is 32.1. The zero-order valence-electron chi connectivity index (χ0n) is 12.6. The molecule has 1 aromatic heterocycles. The average Bonchev–Trinajstić information content (AvgIpc) is 3.14. The Morgan fingerprint density at radius 3 is 3.10 bits per heavy atom. The van der Waals surface area contributed by atoms with E-state index >= 15 is 0 Å². The fraction of sp³-hybridized carbons (Fsp3) is 0.667. The Balaban J connectivity index is 1.50. The fourth-order valence-electron chi connectivity index (χ4n) is 3.24. The minimum atomic E-state index is -0.0217. The van der Waals surface area contributed by atoms with E-state index in [4.69, 9.17) is 4.74 Å². The van der Waals surface area contributed by atoms with Gasteiger partial charge in [-0.05, 0) is 22.4 Å². The summed E-state index contributed by atoms with van der Waals surface area (Å²) >= 11 is 1.75. The SMILES string of the molecule is CN(C)C(=O)NC[C@H]1CO[C@@H]2CN(Cc3ccsc3)C[C@H]12. The molecule has 0 spiro atoms. The van der Waals surface area contributed by atoms with Gasteiger partial charge in [0.25, 0.3) is 0 Å². The highest BCUT2D eigenvalue weighted by molar-refractivity contribution is 7.07. The third-order valence-corrected chi connectivity index (χ3v) is 5.15. The molecule has 2 aliphatic rings. The Bertz CT molecular complexity index is 477. The van der Waals surface area contributed by atoms with Crippen molar-refractivity contribution in [1.29, 1.82) is 0 Å². The predicted molar refractivity (Wildman–Crippen MR) is 83.4 cm³/mol. The molecule has 0 unspecified atom stereocenters. The van der Waals surface area contributed by atoms with Gasteiger partial charge in [0.2, 0.25) is 0 Å². The summed E-state index contributed by atoms with van der Waals surface area (Å²) in [5.74, 6) is 0.984. The lowest BCUT2D eigenvalue weighted by Gasteiger charge is -2.20. The molecule has 2 saturated heterocycles. The van der Waals surface area contributed by atoms with Crippen LogP contribution in [0.2, 0.25) is 0 Å². The van der Waals surface area contributed by atoms with Gasteiger partial charge < -0.3 is 15.0 Å². The van der Waals surface area contributed by atoms with E-state index in [1.807, 2.05) is 0 Å². The summed E-state index contributed by atoms with van der Waals surface area (Å²) in [5.41, 5.74) is 1.39. The average molecular weight is 309 g/mol. The van der Waals surface area contributed by atoms with Crippen LogP contribution in [-0.2, 0) is 11.3 Å². The molecule has 21 heavy (non-hydrogen) atoms. The molecule has 2 fully saturated rings. The number of ether oxygens (including phenoxy) is 1. The first-order valence-corrected chi connectivity index (χ1v) is 8.38. The van der Waals surface area contributed by atoms with E-state index in [-0.39, 0.29) is 6.03 Å². The number of fused-ring (bicyclic) bond motifs is 1. The lowest BCUT2D eigenvalue weighted by atomic mass is 9.93. The zero-order valence-corrected chi connectivity index (χ0v) is 13.4. The molecule has 0 radical (unpaired) electrons. The normalized spacial score (nSPS) is 28.6. The number of thiophene rings is 1. The minimum absolute atomic E-state index is 0.0217. The maximum atomic E-state index is 11.6. The van der Waals surface area contributed by atoms with Crippen LogP contribution in [-0.4, -0.2) is 62.3 Å². The maximum absolute atomic E-state index is 11.6. The molecule has 2 aliphatic heterocycles. The Hall–Kier alpha value is -1.11. The van der Waals surface area contributed by atoms with Crippen LogP contribution in [0.3, 0.4) is 0 Å². The molecule has 3 atom stereocenters. The van der Waals surface area contributed by atoms with Crippen molar-refractivity contribution >= 4 is 17.4 Å². The highest BCUT2D eigenvalue weighted by Crippen LogP contribution is 2.34. The maximum Gasteiger partial charge on any atom is 0.316 e. The van der Waals surface area contributed by atoms with Crippen LogP contribution in [0.4, 0.5) is 4.79 Å². The summed E-state index contributed by atoms with van der Waals surface area (Å²) in [5, 5.41) is 7.33. The molecule has 1 aromatic rings. The molecule has 116 valence electrons. The first kappa shape index (κ1) is 14.8. The van der Waals surface area contributed by atoms with E-state index in [1.165, 1.54) is 5.56 Å². The van der Waals surface area contributed by atoms with Gasteiger partial charge >= 0.3 is 6.03 Å². The second-order valence-electron chi connectivity index (χ2n) is 6.20. The van der Waals surface area contributed by atoms with Crippen molar-refractivity contribution in [3.63, 3.8) is 0 Å². The van der Waals surface area contributed by atoms with Crippen LogP contribution < -0.4 is 5.32 Å². The first-order valence-electron chi connectivity index (χ1n) is 7.43. The molecule has 2 amide bonds. The van der Waals surface area contributed by atoms with Crippen LogP contribution in [0.5, 0.6) is 0 Å². The standard InChI is InChI=1S/C15H23N3O2S/c1-17(2)15(19)16-5-12-9-20-14-8-18(7-13(12)14)6-11-3-4-21-10-11/h3-4,10,12-14H,5-9H2,1-2H3,(H,16,19)/t12-,13+,14+/m0/s1. The summed E-state index contributed by atoms with van der Waals surface area (Å²) < 4.78 is 5.93. The monoisotopic (exact) mass is 309 g/mol. The molecule has 0 bridgehead atoms. The third-order valence-electron chi connectivity index (χ3n) is 4.42. The van der Waals surface area contributed by atoms with E-state index < -0.39 is 0 Å². The summed E-state index contributed by atoms with van der Waals surface area (Å²) in [6.45, 7) is 4.58.